The van der Waals surface area contributed by atoms with E-state index in [2.05, 4.69) is 20.1 Å². The molecule has 0 radical (unpaired) electrons. The molecule has 0 spiro atoms. The average molecular weight is 597 g/mol. The lowest BCUT2D eigenvalue weighted by Gasteiger charge is -2.43. The van der Waals surface area contributed by atoms with Gasteiger partial charge in [0.15, 0.2) is 5.75 Å². The van der Waals surface area contributed by atoms with Gasteiger partial charge in [0, 0.05) is 49.5 Å². The van der Waals surface area contributed by atoms with Crippen molar-refractivity contribution >= 4 is 29.2 Å². The fraction of sp³-hybridized carbons (Fsp3) is 0.607. The van der Waals surface area contributed by atoms with Crippen LogP contribution in [0.1, 0.15) is 50.8 Å². The number of carbonyl (C=O) groups excluding carboxylic acids is 1. The summed E-state index contributed by atoms with van der Waals surface area (Å²) in [6, 6.07) is 4.13. The van der Waals surface area contributed by atoms with Crippen LogP contribution in [0.4, 0.5) is 14.5 Å². The third kappa shape index (κ3) is 6.06. The first-order chi connectivity index (χ1) is 19.5. The number of fused-ring (bicyclic) bond motifs is 1. The van der Waals surface area contributed by atoms with Gasteiger partial charge in [0.2, 0.25) is 0 Å². The number of nitrogens with one attached hydrogen (secondary N) is 1. The van der Waals surface area contributed by atoms with Crippen molar-refractivity contribution in [2.75, 3.05) is 38.2 Å². The van der Waals surface area contributed by atoms with E-state index < -0.39 is 35.5 Å². The first-order valence-corrected chi connectivity index (χ1v) is 14.2. The Bertz CT molecular complexity index is 1270. The molecule has 1 aromatic heterocycles. The number of rotatable bonds is 9. The van der Waals surface area contributed by atoms with E-state index in [0.29, 0.717) is 65.1 Å². The number of carbonyl (C=O) groups is 2. The van der Waals surface area contributed by atoms with Gasteiger partial charge in [-0.2, -0.15) is 13.9 Å². The van der Waals surface area contributed by atoms with Crippen molar-refractivity contribution in [3.05, 3.63) is 40.7 Å². The number of ether oxygens (including phenoxy) is 3. The van der Waals surface area contributed by atoms with Crippen LogP contribution in [0, 0.1) is 11.8 Å². The summed E-state index contributed by atoms with van der Waals surface area (Å²) in [7, 11) is 0. The first kappa shape index (κ1) is 29.7. The van der Waals surface area contributed by atoms with Crippen molar-refractivity contribution in [1.82, 2.24) is 14.7 Å². The molecule has 1 aromatic carbocycles. The van der Waals surface area contributed by atoms with Crippen LogP contribution in [0.3, 0.4) is 0 Å². The standard InChI is InChI=1S/C28H35ClF2N4O6/c1-27(2)23-18(16-40-27)14-32-35(23)28(25(38)33-21-4-3-19(29)13-22(21)41-26(30)31)7-9-34(10-8-28)15-20(24(36)37)17-5-11-39-12-6-17/h3-4,13-14,17,20,26H,5-12,15-16H2,1-2H3,(H,33,38)(H,36,37)/t20-/m0/s1. The Morgan fingerprint density at radius 1 is 1.24 bits per heavy atom. The van der Waals surface area contributed by atoms with Crippen molar-refractivity contribution in [3.8, 4) is 5.75 Å². The number of piperidine rings is 1. The monoisotopic (exact) mass is 596 g/mol. The van der Waals surface area contributed by atoms with Gasteiger partial charge in [-0.15, -0.1) is 0 Å². The third-order valence-electron chi connectivity index (χ3n) is 8.53. The zero-order chi connectivity index (χ0) is 29.4. The lowest BCUT2D eigenvalue weighted by Crippen LogP contribution is -2.55. The van der Waals surface area contributed by atoms with Crippen molar-refractivity contribution in [2.45, 2.75) is 63.9 Å². The average Bonchev–Trinajstić information content (AvgIpc) is 3.50. The minimum absolute atomic E-state index is 0.0294. The molecule has 3 aliphatic rings. The van der Waals surface area contributed by atoms with Gasteiger partial charge in [-0.05, 0) is 57.6 Å². The zero-order valence-corrected chi connectivity index (χ0v) is 23.8. The molecule has 41 heavy (non-hydrogen) atoms. The molecule has 5 rings (SSSR count). The summed E-state index contributed by atoms with van der Waals surface area (Å²) in [4.78, 5) is 28.5. The predicted octanol–water partition coefficient (Wildman–Crippen LogP) is 4.46. The fourth-order valence-electron chi connectivity index (χ4n) is 6.28. The summed E-state index contributed by atoms with van der Waals surface area (Å²) in [5.74, 6) is -2.02. The summed E-state index contributed by atoms with van der Waals surface area (Å²) in [6.45, 7) is 3.45. The summed E-state index contributed by atoms with van der Waals surface area (Å²) in [5.41, 5.74) is -0.159. The van der Waals surface area contributed by atoms with Crippen LogP contribution in [0.25, 0.3) is 0 Å². The van der Waals surface area contributed by atoms with Gasteiger partial charge >= 0.3 is 12.6 Å². The maximum Gasteiger partial charge on any atom is 0.387 e. The van der Waals surface area contributed by atoms with Crippen molar-refractivity contribution < 1.29 is 37.7 Å². The van der Waals surface area contributed by atoms with Gasteiger partial charge in [0.1, 0.15) is 11.1 Å². The van der Waals surface area contributed by atoms with E-state index in [0.717, 1.165) is 11.3 Å². The zero-order valence-electron chi connectivity index (χ0n) is 23.1. The summed E-state index contributed by atoms with van der Waals surface area (Å²) < 4.78 is 44.0. The highest BCUT2D eigenvalue weighted by Crippen LogP contribution is 2.42. The number of alkyl halides is 2. The number of hydrogen-bond donors (Lipinski definition) is 2. The minimum atomic E-state index is -3.11. The Hall–Kier alpha value is -2.80. The highest BCUT2D eigenvalue weighted by Gasteiger charge is 2.49. The van der Waals surface area contributed by atoms with E-state index >= 15 is 0 Å². The van der Waals surface area contributed by atoms with Gasteiger partial charge in [0.25, 0.3) is 5.91 Å². The first-order valence-electron chi connectivity index (χ1n) is 13.8. The summed E-state index contributed by atoms with van der Waals surface area (Å²) in [5, 5.41) is 17.6. The molecule has 10 nitrogen and oxygen atoms in total. The van der Waals surface area contributed by atoms with Gasteiger partial charge < -0.3 is 29.5 Å². The normalized spacial score (nSPS) is 21.4. The number of halogens is 3. The lowest BCUT2D eigenvalue weighted by molar-refractivity contribution is -0.146. The Kier molecular flexibility index (Phi) is 8.56. The Morgan fingerprint density at radius 3 is 2.61 bits per heavy atom. The largest absolute Gasteiger partial charge is 0.481 e. The number of hydrogen-bond acceptors (Lipinski definition) is 7. The maximum atomic E-state index is 14.2. The number of aromatic nitrogens is 2. The van der Waals surface area contributed by atoms with Crippen molar-refractivity contribution in [2.24, 2.45) is 11.8 Å². The SMILES string of the molecule is CC1(C)OCc2cnn(C3(C(=O)Nc4ccc(Cl)cc4OC(F)F)CCN(C[C@H](C(=O)O)C4CCOCC4)CC3)c21. The van der Waals surface area contributed by atoms with Gasteiger partial charge in [-0.3, -0.25) is 14.3 Å². The summed E-state index contributed by atoms with van der Waals surface area (Å²) >= 11 is 6.01. The van der Waals surface area contributed by atoms with Crippen LogP contribution < -0.4 is 10.1 Å². The van der Waals surface area contributed by atoms with Crippen LogP contribution in [0.5, 0.6) is 5.75 Å². The van der Waals surface area contributed by atoms with Crippen molar-refractivity contribution in [1.29, 1.82) is 0 Å². The van der Waals surface area contributed by atoms with E-state index in [4.69, 9.17) is 21.1 Å². The minimum Gasteiger partial charge on any atom is -0.481 e. The molecular formula is C28H35ClF2N4O6. The fourth-order valence-corrected chi connectivity index (χ4v) is 6.44. The van der Waals surface area contributed by atoms with Crippen LogP contribution in [0.2, 0.25) is 5.02 Å². The van der Waals surface area contributed by atoms with Gasteiger partial charge in [-0.1, -0.05) is 11.6 Å². The van der Waals surface area contributed by atoms with Crippen LogP contribution in [-0.2, 0) is 36.8 Å². The molecule has 0 unspecified atom stereocenters. The molecule has 4 heterocycles. The second kappa shape index (κ2) is 11.8. The van der Waals surface area contributed by atoms with Gasteiger partial charge in [-0.25, -0.2) is 0 Å². The van der Waals surface area contributed by atoms with E-state index in [9.17, 15) is 23.5 Å². The molecule has 3 aliphatic heterocycles. The number of likely N-dealkylation sites (tertiary alicyclic amines) is 1. The van der Waals surface area contributed by atoms with E-state index in [-0.39, 0.29) is 22.4 Å². The number of amides is 1. The second-order valence-corrected chi connectivity index (χ2v) is 11.9. The molecule has 0 aliphatic carbocycles. The van der Waals surface area contributed by atoms with Crippen LogP contribution >= 0.6 is 11.6 Å². The third-order valence-corrected chi connectivity index (χ3v) is 8.77. The smallest absolute Gasteiger partial charge is 0.387 e. The molecule has 1 amide bonds. The molecule has 1 atom stereocenters. The highest BCUT2D eigenvalue weighted by atomic mass is 35.5. The number of benzene rings is 1. The Labute approximate surface area is 241 Å². The van der Waals surface area contributed by atoms with E-state index in [1.54, 1.807) is 10.9 Å². The quantitative estimate of drug-likeness (QED) is 0.436. The van der Waals surface area contributed by atoms with E-state index in [1.807, 2.05) is 13.8 Å². The Morgan fingerprint density at radius 2 is 1.95 bits per heavy atom. The van der Waals surface area contributed by atoms with Gasteiger partial charge in [0.05, 0.1) is 30.1 Å². The van der Waals surface area contributed by atoms with E-state index in [1.165, 1.54) is 18.2 Å². The number of nitrogens with zero attached hydrogens (tertiary/aromatic N) is 3. The number of anilines is 1. The van der Waals surface area contributed by atoms with Crippen molar-refractivity contribution in [3.63, 3.8) is 0 Å². The van der Waals surface area contributed by atoms with Crippen LogP contribution in [0.15, 0.2) is 24.4 Å². The lowest BCUT2D eigenvalue weighted by atomic mass is 9.82. The highest BCUT2D eigenvalue weighted by molar-refractivity contribution is 6.30. The second-order valence-electron chi connectivity index (χ2n) is 11.4. The molecule has 2 aromatic rings. The van der Waals surface area contributed by atoms with Crippen LogP contribution in [-0.4, -0.2) is 71.1 Å². The molecular weight excluding hydrogens is 562 g/mol. The Balaban J connectivity index is 1.43. The number of carboxylic acid groups (broad SMARTS) is 1. The summed E-state index contributed by atoms with van der Waals surface area (Å²) in [6.07, 6.45) is 3.75. The maximum absolute atomic E-state index is 14.2. The molecule has 224 valence electrons. The predicted molar refractivity (Wildman–Crippen MR) is 145 cm³/mol. The molecule has 0 bridgehead atoms. The number of carboxylic acids is 1. The molecule has 13 heteroatoms. The molecule has 2 saturated heterocycles. The molecule has 2 fully saturated rings. The topological polar surface area (TPSA) is 115 Å². The number of aliphatic carboxylic acids is 1. The molecule has 2 N–H and O–H groups in total. The molecule has 0 saturated carbocycles.